The molecular weight excluding hydrogens is 292 g/mol. The van der Waals surface area contributed by atoms with Crippen molar-refractivity contribution in [2.75, 3.05) is 10.6 Å². The van der Waals surface area contributed by atoms with Gasteiger partial charge < -0.3 is 10.6 Å². The molecule has 3 rings (SSSR count). The minimum atomic E-state index is -0.345. The zero-order valence-electron chi connectivity index (χ0n) is 12.8. The van der Waals surface area contributed by atoms with Crippen molar-refractivity contribution in [3.05, 3.63) is 60.4 Å². The van der Waals surface area contributed by atoms with Crippen molar-refractivity contribution in [2.45, 2.75) is 13.8 Å². The van der Waals surface area contributed by atoms with Crippen LogP contribution in [0.15, 0.2) is 49.1 Å². The normalized spacial score (nSPS) is 10.3. The summed E-state index contributed by atoms with van der Waals surface area (Å²) >= 11 is 0. The molecule has 0 fully saturated rings. The van der Waals surface area contributed by atoms with E-state index in [1.165, 1.54) is 0 Å². The van der Waals surface area contributed by atoms with Crippen molar-refractivity contribution >= 4 is 17.4 Å². The van der Waals surface area contributed by atoms with Gasteiger partial charge in [-0.1, -0.05) is 18.2 Å². The van der Waals surface area contributed by atoms with Gasteiger partial charge in [0.05, 0.1) is 23.8 Å². The number of nitrogens with one attached hydrogen (secondary N) is 2. The molecule has 3 aromatic rings. The zero-order chi connectivity index (χ0) is 16.2. The fourth-order valence-corrected chi connectivity index (χ4v) is 2.03. The molecule has 0 atom stereocenters. The third-order valence-electron chi connectivity index (χ3n) is 3.40. The van der Waals surface area contributed by atoms with Crippen molar-refractivity contribution in [3.8, 4) is 5.95 Å². The first-order valence-electron chi connectivity index (χ1n) is 7.09. The quantitative estimate of drug-likeness (QED) is 0.779. The minimum Gasteiger partial charge on any atom is -0.308 e. The summed E-state index contributed by atoms with van der Waals surface area (Å²) in [5, 5.41) is 5.42. The molecule has 0 radical (unpaired) electrons. The Morgan fingerprint density at radius 2 is 1.61 bits per heavy atom. The van der Waals surface area contributed by atoms with E-state index in [4.69, 9.17) is 0 Å². The molecule has 1 aromatic carbocycles. The molecule has 0 saturated heterocycles. The number of aromatic nitrogens is 4. The Hall–Kier alpha value is -3.22. The van der Waals surface area contributed by atoms with Gasteiger partial charge in [0.25, 0.3) is 0 Å². The van der Waals surface area contributed by atoms with Crippen molar-refractivity contribution < 1.29 is 4.79 Å². The Bertz CT molecular complexity index is 810. The molecule has 2 amide bonds. The highest BCUT2D eigenvalue weighted by Gasteiger charge is 2.08. The first kappa shape index (κ1) is 14.7. The number of imidazole rings is 1. The van der Waals surface area contributed by atoms with Gasteiger partial charge in [-0.15, -0.1) is 0 Å². The fourth-order valence-electron chi connectivity index (χ4n) is 2.03. The number of nitrogens with zero attached hydrogens (tertiary/aromatic N) is 4. The van der Waals surface area contributed by atoms with Crippen LogP contribution in [0.5, 0.6) is 0 Å². The molecule has 0 saturated carbocycles. The molecule has 23 heavy (non-hydrogen) atoms. The van der Waals surface area contributed by atoms with Gasteiger partial charge in [-0.2, -0.15) is 0 Å². The molecule has 7 heteroatoms. The Labute approximate surface area is 133 Å². The smallest absolute Gasteiger partial charge is 0.308 e. The van der Waals surface area contributed by atoms with Crippen LogP contribution < -0.4 is 10.6 Å². The Balaban J connectivity index is 1.68. The van der Waals surface area contributed by atoms with Crippen molar-refractivity contribution in [1.82, 2.24) is 19.5 Å². The van der Waals surface area contributed by atoms with Crippen LogP contribution in [0.4, 0.5) is 16.2 Å². The van der Waals surface area contributed by atoms with Gasteiger partial charge in [-0.05, 0) is 26.0 Å². The number of urea groups is 1. The Morgan fingerprint density at radius 3 is 2.22 bits per heavy atom. The summed E-state index contributed by atoms with van der Waals surface area (Å²) in [5.41, 5.74) is 3.13. The van der Waals surface area contributed by atoms with E-state index in [-0.39, 0.29) is 6.03 Å². The van der Waals surface area contributed by atoms with E-state index in [1.807, 2.05) is 44.2 Å². The average molecular weight is 308 g/mol. The topological polar surface area (TPSA) is 84.7 Å². The summed E-state index contributed by atoms with van der Waals surface area (Å²) in [5.74, 6) is 0.511. The van der Waals surface area contributed by atoms with Crippen molar-refractivity contribution in [3.63, 3.8) is 0 Å². The van der Waals surface area contributed by atoms with Crippen LogP contribution in [0.1, 0.15) is 11.4 Å². The molecule has 0 unspecified atom stereocenters. The summed E-state index contributed by atoms with van der Waals surface area (Å²) in [6, 6.07) is 8.86. The van der Waals surface area contributed by atoms with E-state index in [0.29, 0.717) is 17.3 Å². The lowest BCUT2D eigenvalue weighted by Gasteiger charge is -2.08. The third-order valence-corrected chi connectivity index (χ3v) is 3.40. The van der Waals surface area contributed by atoms with E-state index in [1.54, 1.807) is 23.3 Å². The number of hydrogen-bond acceptors (Lipinski definition) is 4. The maximum atomic E-state index is 11.9. The second-order valence-corrected chi connectivity index (χ2v) is 5.00. The summed E-state index contributed by atoms with van der Waals surface area (Å²) in [7, 11) is 0. The van der Waals surface area contributed by atoms with E-state index in [2.05, 4.69) is 25.6 Å². The number of para-hydroxylation sites is 1. The number of benzene rings is 1. The second-order valence-electron chi connectivity index (χ2n) is 5.00. The lowest BCUT2D eigenvalue weighted by Crippen LogP contribution is -2.19. The van der Waals surface area contributed by atoms with E-state index < -0.39 is 0 Å². The SMILES string of the molecule is Cc1ncn(-c2ncc(NC(=O)Nc3ccccc3)cn2)c1C. The average Bonchev–Trinajstić information content (AvgIpc) is 2.89. The zero-order valence-corrected chi connectivity index (χ0v) is 12.8. The number of carbonyl (C=O) groups excluding carboxylic acids is 1. The van der Waals surface area contributed by atoms with Crippen LogP contribution in [-0.2, 0) is 0 Å². The van der Waals surface area contributed by atoms with Gasteiger partial charge in [0.1, 0.15) is 6.33 Å². The highest BCUT2D eigenvalue weighted by atomic mass is 16.2. The fraction of sp³-hybridized carbons (Fsp3) is 0.125. The summed E-state index contributed by atoms with van der Waals surface area (Å²) in [6.07, 6.45) is 4.79. The van der Waals surface area contributed by atoms with Gasteiger partial charge in [0, 0.05) is 11.4 Å². The van der Waals surface area contributed by atoms with Gasteiger partial charge in [0.15, 0.2) is 0 Å². The van der Waals surface area contributed by atoms with Crippen LogP contribution in [-0.4, -0.2) is 25.6 Å². The third kappa shape index (κ3) is 3.34. The number of rotatable bonds is 3. The van der Waals surface area contributed by atoms with Crippen LogP contribution >= 0.6 is 0 Å². The molecular formula is C16H16N6O. The molecule has 0 aliphatic heterocycles. The van der Waals surface area contributed by atoms with Crippen LogP contribution in [0, 0.1) is 13.8 Å². The molecule has 0 spiro atoms. The van der Waals surface area contributed by atoms with Crippen molar-refractivity contribution in [2.24, 2.45) is 0 Å². The lowest BCUT2D eigenvalue weighted by molar-refractivity contribution is 0.262. The van der Waals surface area contributed by atoms with Gasteiger partial charge in [-0.25, -0.2) is 19.7 Å². The highest BCUT2D eigenvalue weighted by Crippen LogP contribution is 2.12. The maximum absolute atomic E-state index is 11.9. The molecule has 7 nitrogen and oxygen atoms in total. The predicted molar refractivity (Wildman–Crippen MR) is 87.7 cm³/mol. The van der Waals surface area contributed by atoms with E-state index >= 15 is 0 Å². The lowest BCUT2D eigenvalue weighted by atomic mass is 10.3. The Kier molecular flexibility index (Phi) is 4.01. The number of amides is 2. The number of anilines is 2. The van der Waals surface area contributed by atoms with Crippen LogP contribution in [0.2, 0.25) is 0 Å². The predicted octanol–water partition coefficient (Wildman–Crippen LogP) is 2.92. The maximum Gasteiger partial charge on any atom is 0.323 e. The molecule has 0 bridgehead atoms. The van der Waals surface area contributed by atoms with Crippen LogP contribution in [0.25, 0.3) is 5.95 Å². The summed E-state index contributed by atoms with van der Waals surface area (Å²) in [4.78, 5) is 24.6. The van der Waals surface area contributed by atoms with E-state index in [9.17, 15) is 4.79 Å². The largest absolute Gasteiger partial charge is 0.323 e. The summed E-state index contributed by atoms with van der Waals surface area (Å²) in [6.45, 7) is 3.88. The second kappa shape index (κ2) is 6.27. The summed E-state index contributed by atoms with van der Waals surface area (Å²) < 4.78 is 1.79. The first-order valence-corrected chi connectivity index (χ1v) is 7.09. The van der Waals surface area contributed by atoms with Crippen LogP contribution in [0.3, 0.4) is 0 Å². The van der Waals surface area contributed by atoms with Gasteiger partial charge in [-0.3, -0.25) is 4.57 Å². The molecule has 116 valence electrons. The molecule has 2 aromatic heterocycles. The minimum absolute atomic E-state index is 0.345. The number of aryl methyl sites for hydroxylation is 1. The highest BCUT2D eigenvalue weighted by molar-refractivity contribution is 5.99. The Morgan fingerprint density at radius 1 is 0.957 bits per heavy atom. The number of hydrogen-bond donors (Lipinski definition) is 2. The van der Waals surface area contributed by atoms with Crippen molar-refractivity contribution in [1.29, 1.82) is 0 Å². The number of carbonyl (C=O) groups is 1. The molecule has 2 heterocycles. The molecule has 2 N–H and O–H groups in total. The van der Waals surface area contributed by atoms with Gasteiger partial charge >= 0.3 is 6.03 Å². The molecule has 0 aliphatic rings. The monoisotopic (exact) mass is 308 g/mol. The van der Waals surface area contributed by atoms with E-state index in [0.717, 1.165) is 11.4 Å². The van der Waals surface area contributed by atoms with Gasteiger partial charge in [0.2, 0.25) is 5.95 Å². The standard InChI is InChI=1S/C16H16N6O/c1-11-12(2)22(10-19-11)15-17-8-14(9-18-15)21-16(23)20-13-6-4-3-5-7-13/h3-10H,1-2H3,(H2,20,21,23). The first-order chi connectivity index (χ1) is 11.1. The molecule has 0 aliphatic carbocycles.